The number of nitrogens with one attached hydrogen (secondary N) is 1. The average molecular weight is 258 g/mol. The first-order valence-corrected chi connectivity index (χ1v) is 6.58. The Balaban J connectivity index is 2.14. The molecule has 0 saturated heterocycles. The lowest BCUT2D eigenvalue weighted by atomic mass is 10.1. The van der Waals surface area contributed by atoms with Crippen LogP contribution in [0.4, 0.5) is 0 Å². The van der Waals surface area contributed by atoms with E-state index in [-0.39, 0.29) is 18.6 Å². The van der Waals surface area contributed by atoms with Gasteiger partial charge in [0.05, 0.1) is 5.56 Å². The second kappa shape index (κ2) is 6.35. The predicted molar refractivity (Wildman–Crippen MR) is 72.5 cm³/mol. The monoisotopic (exact) mass is 258 g/mol. The molecule has 1 amide bonds. The molecule has 2 rings (SSSR count). The van der Waals surface area contributed by atoms with Crippen molar-refractivity contribution in [3.63, 3.8) is 0 Å². The molecule has 0 spiro atoms. The van der Waals surface area contributed by atoms with Gasteiger partial charge in [-0.25, -0.2) is 4.98 Å². The summed E-state index contributed by atoms with van der Waals surface area (Å²) in [4.78, 5) is 16.3. The van der Waals surface area contributed by atoms with Gasteiger partial charge in [-0.15, -0.1) is 0 Å². The van der Waals surface area contributed by atoms with Crippen LogP contribution in [-0.4, -0.2) is 28.6 Å². The summed E-state index contributed by atoms with van der Waals surface area (Å²) in [5.74, 6) is 5.64. The van der Waals surface area contributed by atoms with Gasteiger partial charge in [0.25, 0.3) is 5.91 Å². The predicted octanol–water partition coefficient (Wildman–Crippen LogP) is 1.34. The van der Waals surface area contributed by atoms with Crippen LogP contribution in [0.2, 0.25) is 0 Å². The maximum Gasteiger partial charge on any atom is 0.271 e. The number of pyridine rings is 1. The number of hydrogen-bond donors (Lipinski definition) is 2. The summed E-state index contributed by atoms with van der Waals surface area (Å²) in [5, 5.41) is 11.8. The van der Waals surface area contributed by atoms with Crippen molar-refractivity contribution < 1.29 is 9.90 Å². The van der Waals surface area contributed by atoms with Crippen LogP contribution in [0, 0.1) is 17.8 Å². The Labute approximate surface area is 113 Å². The van der Waals surface area contributed by atoms with E-state index < -0.39 is 0 Å². The summed E-state index contributed by atoms with van der Waals surface area (Å²) in [6.45, 7) is 1.93. The first-order chi connectivity index (χ1) is 9.22. The Hall–Kier alpha value is -1.86. The SMILES string of the molecule is CC1CCCC1NC(=O)c1ncccc1C#CCO. The zero-order chi connectivity index (χ0) is 13.7. The molecule has 1 fully saturated rings. The summed E-state index contributed by atoms with van der Waals surface area (Å²) in [6, 6.07) is 3.70. The molecule has 2 atom stereocenters. The van der Waals surface area contributed by atoms with Crippen molar-refractivity contribution in [2.45, 2.75) is 32.2 Å². The van der Waals surface area contributed by atoms with Crippen LogP contribution in [0.1, 0.15) is 42.2 Å². The highest BCUT2D eigenvalue weighted by Gasteiger charge is 2.26. The van der Waals surface area contributed by atoms with Crippen molar-refractivity contribution in [3.8, 4) is 11.8 Å². The zero-order valence-corrected chi connectivity index (χ0v) is 11.0. The Morgan fingerprint density at radius 1 is 1.58 bits per heavy atom. The molecule has 0 bridgehead atoms. The third-order valence-corrected chi connectivity index (χ3v) is 3.50. The third kappa shape index (κ3) is 3.33. The van der Waals surface area contributed by atoms with E-state index >= 15 is 0 Å². The number of rotatable bonds is 2. The van der Waals surface area contributed by atoms with Gasteiger partial charge in [-0.3, -0.25) is 4.79 Å². The number of aliphatic hydroxyl groups excluding tert-OH is 1. The fourth-order valence-electron chi connectivity index (χ4n) is 2.42. The maximum atomic E-state index is 12.2. The molecule has 100 valence electrons. The van der Waals surface area contributed by atoms with E-state index in [1.54, 1.807) is 18.3 Å². The third-order valence-electron chi connectivity index (χ3n) is 3.50. The maximum absolute atomic E-state index is 12.2. The quantitative estimate of drug-likeness (QED) is 0.787. The number of aromatic nitrogens is 1. The molecule has 2 N–H and O–H groups in total. The number of aliphatic hydroxyl groups is 1. The van der Waals surface area contributed by atoms with Crippen molar-refractivity contribution in [2.75, 3.05) is 6.61 Å². The average Bonchev–Trinajstić information content (AvgIpc) is 2.82. The zero-order valence-electron chi connectivity index (χ0n) is 11.0. The van der Waals surface area contributed by atoms with Gasteiger partial charge < -0.3 is 10.4 Å². The molecular formula is C15H18N2O2. The minimum atomic E-state index is -0.227. The molecule has 1 aliphatic carbocycles. The summed E-state index contributed by atoms with van der Waals surface area (Å²) in [6.07, 6.45) is 4.92. The fraction of sp³-hybridized carbons (Fsp3) is 0.467. The van der Waals surface area contributed by atoms with Crippen LogP contribution in [0.15, 0.2) is 18.3 Å². The van der Waals surface area contributed by atoms with Gasteiger partial charge in [-0.05, 0) is 30.9 Å². The topological polar surface area (TPSA) is 62.2 Å². The molecule has 19 heavy (non-hydrogen) atoms. The van der Waals surface area contributed by atoms with E-state index in [9.17, 15) is 4.79 Å². The second-order valence-corrected chi connectivity index (χ2v) is 4.85. The smallest absolute Gasteiger partial charge is 0.271 e. The summed E-state index contributed by atoms with van der Waals surface area (Å²) in [7, 11) is 0. The Morgan fingerprint density at radius 3 is 3.11 bits per heavy atom. The van der Waals surface area contributed by atoms with Crippen molar-refractivity contribution in [1.29, 1.82) is 0 Å². The molecule has 1 saturated carbocycles. The lowest BCUT2D eigenvalue weighted by Crippen LogP contribution is -2.37. The van der Waals surface area contributed by atoms with Crippen molar-refractivity contribution in [1.82, 2.24) is 10.3 Å². The molecule has 4 heteroatoms. The van der Waals surface area contributed by atoms with Gasteiger partial charge in [-0.2, -0.15) is 0 Å². The highest BCUT2D eigenvalue weighted by Crippen LogP contribution is 2.25. The molecule has 0 aliphatic heterocycles. The number of nitrogens with zero attached hydrogens (tertiary/aromatic N) is 1. The fourth-order valence-corrected chi connectivity index (χ4v) is 2.42. The highest BCUT2D eigenvalue weighted by molar-refractivity contribution is 5.94. The van der Waals surface area contributed by atoms with E-state index in [2.05, 4.69) is 29.1 Å². The normalized spacial score (nSPS) is 21.6. The first kappa shape index (κ1) is 13.6. The Bertz CT molecular complexity index is 516. The molecule has 4 nitrogen and oxygen atoms in total. The molecule has 0 radical (unpaired) electrons. The minimum absolute atomic E-state index is 0.179. The molecule has 1 aromatic rings. The lowest BCUT2D eigenvalue weighted by Gasteiger charge is -2.17. The molecule has 1 heterocycles. The van der Waals surface area contributed by atoms with Gasteiger partial charge >= 0.3 is 0 Å². The number of amides is 1. The van der Waals surface area contributed by atoms with E-state index in [0.717, 1.165) is 19.3 Å². The first-order valence-electron chi connectivity index (χ1n) is 6.58. The van der Waals surface area contributed by atoms with Gasteiger partial charge in [0, 0.05) is 12.2 Å². The Morgan fingerprint density at radius 2 is 2.42 bits per heavy atom. The highest BCUT2D eigenvalue weighted by atomic mass is 16.2. The van der Waals surface area contributed by atoms with E-state index in [1.807, 2.05) is 0 Å². The van der Waals surface area contributed by atoms with Gasteiger partial charge in [0.2, 0.25) is 0 Å². The van der Waals surface area contributed by atoms with Crippen LogP contribution in [0.25, 0.3) is 0 Å². The van der Waals surface area contributed by atoms with Crippen molar-refractivity contribution in [2.24, 2.45) is 5.92 Å². The summed E-state index contributed by atoms with van der Waals surface area (Å²) < 4.78 is 0. The van der Waals surface area contributed by atoms with Crippen LogP contribution in [0.5, 0.6) is 0 Å². The van der Waals surface area contributed by atoms with Gasteiger partial charge in [0.1, 0.15) is 12.3 Å². The largest absolute Gasteiger partial charge is 0.384 e. The van der Waals surface area contributed by atoms with E-state index in [1.165, 1.54) is 0 Å². The molecular weight excluding hydrogens is 240 g/mol. The van der Waals surface area contributed by atoms with Gasteiger partial charge in [-0.1, -0.05) is 25.2 Å². The number of hydrogen-bond acceptors (Lipinski definition) is 3. The summed E-state index contributed by atoms with van der Waals surface area (Å²) >= 11 is 0. The van der Waals surface area contributed by atoms with E-state index in [4.69, 9.17) is 5.11 Å². The number of carbonyl (C=O) groups is 1. The minimum Gasteiger partial charge on any atom is -0.384 e. The second-order valence-electron chi connectivity index (χ2n) is 4.85. The standard InChI is InChI=1S/C15H18N2O2/c1-11-5-2-8-13(11)17-15(19)14-12(7-4-10-18)6-3-9-16-14/h3,6,9,11,13,18H,2,5,8,10H2,1H3,(H,17,19). The van der Waals surface area contributed by atoms with Crippen LogP contribution in [-0.2, 0) is 0 Å². The van der Waals surface area contributed by atoms with Crippen LogP contribution in [0.3, 0.4) is 0 Å². The molecule has 0 aromatic carbocycles. The Kier molecular flexibility index (Phi) is 4.53. The lowest BCUT2D eigenvalue weighted by molar-refractivity contribution is 0.0924. The molecule has 1 aliphatic rings. The summed E-state index contributed by atoms with van der Waals surface area (Å²) in [5.41, 5.74) is 0.891. The molecule has 1 aromatic heterocycles. The number of carbonyl (C=O) groups excluding carboxylic acids is 1. The molecule has 2 unspecified atom stereocenters. The van der Waals surface area contributed by atoms with Crippen LogP contribution < -0.4 is 5.32 Å². The van der Waals surface area contributed by atoms with Crippen LogP contribution >= 0.6 is 0 Å². The van der Waals surface area contributed by atoms with E-state index in [0.29, 0.717) is 17.2 Å². The van der Waals surface area contributed by atoms with Gasteiger partial charge in [0.15, 0.2) is 0 Å². The van der Waals surface area contributed by atoms with Crippen molar-refractivity contribution in [3.05, 3.63) is 29.6 Å². The van der Waals surface area contributed by atoms with Crippen molar-refractivity contribution >= 4 is 5.91 Å².